The van der Waals surface area contributed by atoms with E-state index in [0.29, 0.717) is 6.10 Å². The predicted octanol–water partition coefficient (Wildman–Crippen LogP) is 4.98. The first kappa shape index (κ1) is 19.0. The number of hydrogen-bond acceptors (Lipinski definition) is 1. The van der Waals surface area contributed by atoms with Crippen molar-refractivity contribution in [2.45, 2.75) is 60.0 Å². The Labute approximate surface area is 131 Å². The van der Waals surface area contributed by atoms with Crippen LogP contribution in [-0.2, 0) is 23.3 Å². The first-order valence-electron chi connectivity index (χ1n) is 7.48. The summed E-state index contributed by atoms with van der Waals surface area (Å²) >= 11 is 0. The fourth-order valence-corrected chi connectivity index (χ4v) is 2.78. The second-order valence-electron chi connectivity index (χ2n) is 6.27. The quantitative estimate of drug-likeness (QED) is 0.644. The monoisotopic (exact) mass is 301 g/mol. The molecule has 0 aromatic heterocycles. The number of rotatable bonds is 7. The van der Waals surface area contributed by atoms with Gasteiger partial charge in [-0.25, -0.2) is 0 Å². The molecule has 1 unspecified atom stereocenters. The zero-order chi connectivity index (χ0) is 13.5. The van der Waals surface area contributed by atoms with E-state index in [9.17, 15) is 0 Å². The van der Waals surface area contributed by atoms with E-state index in [0.717, 1.165) is 24.4 Å². The third-order valence-corrected chi connectivity index (χ3v) is 3.92. The predicted molar refractivity (Wildman–Crippen MR) is 79.7 cm³/mol. The van der Waals surface area contributed by atoms with Crippen molar-refractivity contribution in [2.24, 2.45) is 17.8 Å². The molecule has 0 fully saturated rings. The Balaban J connectivity index is 0.00000324. The fraction of sp³-hybridized carbons (Fsp3) is 0.765. The molecule has 1 nitrogen and oxygen atoms in total. The second-order valence-corrected chi connectivity index (χ2v) is 6.27. The molecule has 1 aliphatic rings. The minimum absolute atomic E-state index is 0. The summed E-state index contributed by atoms with van der Waals surface area (Å²) in [6.45, 7) is 12.3. The zero-order valence-electron chi connectivity index (χ0n) is 13.2. The van der Waals surface area contributed by atoms with Gasteiger partial charge in [0.05, 0.1) is 12.7 Å². The summed E-state index contributed by atoms with van der Waals surface area (Å²) in [4.78, 5) is 0. The minimum Gasteiger partial charge on any atom is -0.374 e. The van der Waals surface area contributed by atoms with Crippen LogP contribution in [0.4, 0.5) is 0 Å². The maximum Gasteiger partial charge on any atom is 0.0717 e. The van der Waals surface area contributed by atoms with E-state index in [1.807, 2.05) is 0 Å². The van der Waals surface area contributed by atoms with Crippen LogP contribution in [0, 0.1) is 17.8 Å². The molecule has 0 amide bonds. The average Bonchev–Trinajstić information content (AvgIpc) is 2.34. The standard InChI is InChI=1S/C17H30O.V/c1-13(2)17(14(3)4)11-15(5)18-12-16-9-7-6-8-10-16;/h7,9-10,13-15,17H,6,8,11-12H2,1-5H3;. The van der Waals surface area contributed by atoms with E-state index in [1.165, 1.54) is 24.8 Å². The minimum atomic E-state index is 0. The maximum atomic E-state index is 5.99. The third-order valence-electron chi connectivity index (χ3n) is 3.92. The third kappa shape index (κ3) is 7.39. The molecule has 19 heavy (non-hydrogen) atoms. The van der Waals surface area contributed by atoms with E-state index in [1.54, 1.807) is 0 Å². The van der Waals surface area contributed by atoms with Crippen molar-refractivity contribution < 1.29 is 23.3 Å². The average molecular weight is 301 g/mol. The van der Waals surface area contributed by atoms with Crippen molar-refractivity contribution >= 4 is 0 Å². The van der Waals surface area contributed by atoms with Gasteiger partial charge in [-0.3, -0.25) is 0 Å². The summed E-state index contributed by atoms with van der Waals surface area (Å²) < 4.78 is 5.99. The summed E-state index contributed by atoms with van der Waals surface area (Å²) in [6, 6.07) is 0. The number of hydrogen-bond donors (Lipinski definition) is 0. The van der Waals surface area contributed by atoms with Crippen LogP contribution in [0.25, 0.3) is 0 Å². The van der Waals surface area contributed by atoms with Gasteiger partial charge in [-0.2, -0.15) is 0 Å². The van der Waals surface area contributed by atoms with Gasteiger partial charge in [0, 0.05) is 18.6 Å². The van der Waals surface area contributed by atoms with Crippen molar-refractivity contribution in [1.82, 2.24) is 0 Å². The number of ether oxygens (including phenoxy) is 1. The van der Waals surface area contributed by atoms with Crippen molar-refractivity contribution in [3.8, 4) is 0 Å². The first-order chi connectivity index (χ1) is 8.50. The Hall–Kier alpha value is 0.0244. The van der Waals surface area contributed by atoms with E-state index in [4.69, 9.17) is 4.74 Å². The van der Waals surface area contributed by atoms with Crippen LogP contribution >= 0.6 is 0 Å². The molecular formula is C17H30OV. The molecular weight excluding hydrogens is 271 g/mol. The largest absolute Gasteiger partial charge is 0.374 e. The summed E-state index contributed by atoms with van der Waals surface area (Å²) in [6.07, 6.45) is 10.6. The van der Waals surface area contributed by atoms with E-state index in [2.05, 4.69) is 52.8 Å². The van der Waals surface area contributed by atoms with Crippen LogP contribution < -0.4 is 0 Å². The van der Waals surface area contributed by atoms with Gasteiger partial charge in [0.25, 0.3) is 0 Å². The van der Waals surface area contributed by atoms with Gasteiger partial charge in [-0.15, -0.1) is 0 Å². The molecule has 1 radical (unpaired) electrons. The molecule has 0 aromatic rings. The van der Waals surface area contributed by atoms with Gasteiger partial charge in [0.15, 0.2) is 0 Å². The van der Waals surface area contributed by atoms with Crippen LogP contribution in [0.3, 0.4) is 0 Å². The van der Waals surface area contributed by atoms with Crippen LogP contribution in [0.15, 0.2) is 23.8 Å². The smallest absolute Gasteiger partial charge is 0.0717 e. The van der Waals surface area contributed by atoms with Crippen molar-refractivity contribution in [2.75, 3.05) is 6.61 Å². The molecule has 0 aliphatic heterocycles. The molecule has 1 atom stereocenters. The van der Waals surface area contributed by atoms with Gasteiger partial charge in [0.1, 0.15) is 0 Å². The van der Waals surface area contributed by atoms with Crippen LogP contribution in [-0.4, -0.2) is 12.7 Å². The van der Waals surface area contributed by atoms with Crippen LogP contribution in [0.5, 0.6) is 0 Å². The maximum absolute atomic E-state index is 5.99. The SMILES string of the molecule is CC(CC(C(C)C)C(C)C)OCC1=CCCC=C1.[V]. The fourth-order valence-electron chi connectivity index (χ4n) is 2.78. The Morgan fingerprint density at radius 1 is 1.05 bits per heavy atom. The Morgan fingerprint density at radius 2 is 1.68 bits per heavy atom. The molecule has 1 rings (SSSR count). The Bertz CT molecular complexity index is 284. The zero-order valence-corrected chi connectivity index (χ0v) is 14.6. The normalized spacial score (nSPS) is 16.7. The molecule has 1 aliphatic carbocycles. The molecule has 0 saturated heterocycles. The summed E-state index contributed by atoms with van der Waals surface area (Å²) in [5, 5.41) is 0. The second kappa shape index (κ2) is 9.85. The molecule has 0 N–H and O–H groups in total. The van der Waals surface area contributed by atoms with E-state index < -0.39 is 0 Å². The van der Waals surface area contributed by atoms with Gasteiger partial charge in [-0.05, 0) is 49.5 Å². The van der Waals surface area contributed by atoms with Crippen molar-refractivity contribution in [1.29, 1.82) is 0 Å². The Morgan fingerprint density at radius 3 is 2.16 bits per heavy atom. The topological polar surface area (TPSA) is 9.23 Å². The number of allylic oxidation sites excluding steroid dienone is 2. The van der Waals surface area contributed by atoms with Gasteiger partial charge < -0.3 is 4.74 Å². The summed E-state index contributed by atoms with van der Waals surface area (Å²) in [5.41, 5.74) is 1.35. The van der Waals surface area contributed by atoms with Crippen molar-refractivity contribution in [3.05, 3.63) is 23.8 Å². The van der Waals surface area contributed by atoms with Crippen molar-refractivity contribution in [3.63, 3.8) is 0 Å². The molecule has 0 aromatic carbocycles. The first-order valence-corrected chi connectivity index (χ1v) is 7.48. The summed E-state index contributed by atoms with van der Waals surface area (Å²) in [5.74, 6) is 2.24. The van der Waals surface area contributed by atoms with Gasteiger partial charge >= 0.3 is 0 Å². The molecule has 109 valence electrons. The van der Waals surface area contributed by atoms with Gasteiger partial charge in [0.2, 0.25) is 0 Å². The molecule has 0 spiro atoms. The van der Waals surface area contributed by atoms with Gasteiger partial charge in [-0.1, -0.05) is 45.9 Å². The Kier molecular flexibility index (Phi) is 9.87. The van der Waals surface area contributed by atoms with E-state index in [-0.39, 0.29) is 18.6 Å². The molecule has 0 bridgehead atoms. The van der Waals surface area contributed by atoms with E-state index >= 15 is 0 Å². The molecule has 0 saturated carbocycles. The molecule has 0 heterocycles. The van der Waals surface area contributed by atoms with Crippen LogP contribution in [0.1, 0.15) is 53.9 Å². The molecule has 2 heteroatoms. The van der Waals surface area contributed by atoms with Crippen LogP contribution in [0.2, 0.25) is 0 Å². The summed E-state index contributed by atoms with van der Waals surface area (Å²) in [7, 11) is 0.